The number of aliphatic hydroxyl groups is 1. The third kappa shape index (κ3) is 3.92. The molecule has 9 heteroatoms. The summed E-state index contributed by atoms with van der Waals surface area (Å²) in [6.45, 7) is 0.245. The van der Waals surface area contributed by atoms with E-state index in [1.165, 1.54) is 0 Å². The van der Waals surface area contributed by atoms with Crippen LogP contribution in [0.15, 0.2) is 12.1 Å². The summed E-state index contributed by atoms with van der Waals surface area (Å²) in [5.74, 6) is -3.42. The second-order valence-corrected chi connectivity index (χ2v) is 6.53. The molecule has 1 heterocycles. The lowest BCUT2D eigenvalue weighted by atomic mass is 9.98. The van der Waals surface area contributed by atoms with Crippen molar-refractivity contribution in [3.05, 3.63) is 34.9 Å². The van der Waals surface area contributed by atoms with Crippen LogP contribution < -0.4 is 10.6 Å². The summed E-state index contributed by atoms with van der Waals surface area (Å²) in [7, 11) is 0. The number of aliphatic hydroxyl groups excluding tert-OH is 1. The van der Waals surface area contributed by atoms with E-state index in [0.29, 0.717) is 18.9 Å². The molecule has 0 radical (unpaired) electrons. The predicted molar refractivity (Wildman–Crippen MR) is 77.4 cm³/mol. The van der Waals surface area contributed by atoms with E-state index in [0.717, 1.165) is 0 Å². The highest BCUT2D eigenvalue weighted by Crippen LogP contribution is 2.43. The number of carbonyl (C=O) groups is 1. The minimum absolute atomic E-state index is 0.129. The fraction of sp³-hybridized carbons (Fsp3) is 0.562. The van der Waals surface area contributed by atoms with Gasteiger partial charge >= 0.3 is 6.18 Å². The Kier molecular flexibility index (Phi) is 4.72. The van der Waals surface area contributed by atoms with Gasteiger partial charge in [-0.2, -0.15) is 13.2 Å². The van der Waals surface area contributed by atoms with Crippen LogP contribution in [-0.4, -0.2) is 29.7 Å². The molecular weight excluding hydrogens is 347 g/mol. The van der Waals surface area contributed by atoms with E-state index in [2.05, 4.69) is 10.6 Å². The summed E-state index contributed by atoms with van der Waals surface area (Å²) >= 11 is 0. The zero-order chi connectivity index (χ0) is 18.4. The van der Waals surface area contributed by atoms with E-state index in [1.54, 1.807) is 0 Å². The van der Waals surface area contributed by atoms with Crippen LogP contribution in [0, 0.1) is 17.6 Å². The summed E-state index contributed by atoms with van der Waals surface area (Å²) in [6, 6.07) is -0.926. The second kappa shape index (κ2) is 6.53. The number of rotatable bonds is 4. The van der Waals surface area contributed by atoms with Gasteiger partial charge in [-0.25, -0.2) is 8.78 Å². The van der Waals surface area contributed by atoms with Gasteiger partial charge in [0.1, 0.15) is 11.6 Å². The molecule has 0 unspecified atom stereocenters. The van der Waals surface area contributed by atoms with E-state index >= 15 is 0 Å². The Morgan fingerprint density at radius 2 is 1.92 bits per heavy atom. The zero-order valence-corrected chi connectivity index (χ0v) is 13.0. The lowest BCUT2D eigenvalue weighted by Crippen LogP contribution is -2.42. The molecule has 4 nitrogen and oxygen atoms in total. The molecule has 0 aromatic heterocycles. The summed E-state index contributed by atoms with van der Waals surface area (Å²) in [4.78, 5) is 12.2. The molecule has 1 aromatic rings. The van der Waals surface area contributed by atoms with E-state index < -0.39 is 47.5 Å². The molecular formula is C16H17F5N2O2. The highest BCUT2D eigenvalue weighted by molar-refractivity contribution is 5.82. The van der Waals surface area contributed by atoms with E-state index in [1.807, 2.05) is 0 Å². The van der Waals surface area contributed by atoms with Gasteiger partial charge in [0, 0.05) is 12.1 Å². The maximum Gasteiger partial charge on any atom is 0.419 e. The third-order valence-electron chi connectivity index (χ3n) is 4.54. The molecule has 138 valence electrons. The van der Waals surface area contributed by atoms with Crippen LogP contribution in [0.25, 0.3) is 0 Å². The van der Waals surface area contributed by atoms with Gasteiger partial charge < -0.3 is 15.7 Å². The van der Waals surface area contributed by atoms with Crippen LogP contribution in [0.1, 0.15) is 36.4 Å². The normalized spacial score (nSPS) is 25.0. The zero-order valence-electron chi connectivity index (χ0n) is 13.0. The number of alkyl halides is 3. The molecule has 2 fully saturated rings. The first-order valence-electron chi connectivity index (χ1n) is 7.94. The number of nitrogens with one attached hydrogen (secondary N) is 2. The smallest absolute Gasteiger partial charge is 0.392 e. The van der Waals surface area contributed by atoms with Gasteiger partial charge in [0.15, 0.2) is 0 Å². The molecule has 1 saturated heterocycles. The summed E-state index contributed by atoms with van der Waals surface area (Å²) < 4.78 is 66.1. The molecule has 2 aliphatic rings. The first kappa shape index (κ1) is 18.1. The lowest BCUT2D eigenvalue weighted by molar-refractivity contribution is -0.140. The van der Waals surface area contributed by atoms with Crippen molar-refractivity contribution in [2.24, 2.45) is 5.92 Å². The Morgan fingerprint density at radius 1 is 1.24 bits per heavy atom. The Morgan fingerprint density at radius 3 is 2.44 bits per heavy atom. The van der Waals surface area contributed by atoms with Crippen molar-refractivity contribution in [3.63, 3.8) is 0 Å². The molecule has 0 spiro atoms. The predicted octanol–water partition coefficient (Wildman–Crippen LogP) is 2.27. The number of carbonyl (C=O) groups excluding carboxylic acids is 1. The topological polar surface area (TPSA) is 61.4 Å². The van der Waals surface area contributed by atoms with Crippen molar-refractivity contribution in [1.29, 1.82) is 0 Å². The van der Waals surface area contributed by atoms with Crippen LogP contribution in [0.2, 0.25) is 0 Å². The molecule has 0 bridgehead atoms. The molecule has 1 aromatic carbocycles. The number of benzene rings is 1. The van der Waals surface area contributed by atoms with Crippen molar-refractivity contribution >= 4 is 5.91 Å². The quantitative estimate of drug-likeness (QED) is 0.719. The summed E-state index contributed by atoms with van der Waals surface area (Å²) in [6.07, 6.45) is -4.16. The van der Waals surface area contributed by atoms with Gasteiger partial charge in [-0.1, -0.05) is 0 Å². The minimum Gasteiger partial charge on any atom is -0.392 e. The standard InChI is InChI=1S/C16H17F5N2O2/c17-11-5-10(16(19,20)21)12(18)4-9(11)14(7-1-2-7)23-15(25)13-3-8(24)6-22-13/h4-5,7-8,13-14,22,24H,1-3,6H2,(H,23,25)/t8-,13-,14-/m1/s1. The molecule has 1 aliphatic heterocycles. The van der Waals surface area contributed by atoms with E-state index in [-0.39, 0.29) is 30.5 Å². The molecule has 25 heavy (non-hydrogen) atoms. The first-order valence-corrected chi connectivity index (χ1v) is 7.94. The highest BCUT2D eigenvalue weighted by atomic mass is 19.4. The van der Waals surface area contributed by atoms with Crippen molar-refractivity contribution in [2.75, 3.05) is 6.54 Å². The van der Waals surface area contributed by atoms with Crippen LogP contribution in [0.4, 0.5) is 22.0 Å². The summed E-state index contributed by atoms with van der Waals surface area (Å²) in [5.41, 5.74) is -1.96. The van der Waals surface area contributed by atoms with Crippen molar-refractivity contribution in [2.45, 2.75) is 43.6 Å². The third-order valence-corrected chi connectivity index (χ3v) is 4.54. The fourth-order valence-electron chi connectivity index (χ4n) is 3.07. The van der Waals surface area contributed by atoms with Gasteiger partial charge in [0.2, 0.25) is 5.91 Å². The molecule has 3 N–H and O–H groups in total. The SMILES string of the molecule is O=C(N[C@@H](c1cc(F)c(C(F)(F)F)cc1F)C1CC1)[C@H]1C[C@@H](O)CN1. The summed E-state index contributed by atoms with van der Waals surface area (Å²) in [5, 5.41) is 14.8. The molecule has 1 aliphatic carbocycles. The van der Waals surface area contributed by atoms with Crippen LogP contribution in [0.3, 0.4) is 0 Å². The molecule has 1 saturated carbocycles. The molecule has 3 atom stereocenters. The highest BCUT2D eigenvalue weighted by Gasteiger charge is 2.40. The van der Waals surface area contributed by atoms with Crippen LogP contribution in [0.5, 0.6) is 0 Å². The lowest BCUT2D eigenvalue weighted by Gasteiger charge is -2.22. The maximum atomic E-state index is 14.2. The number of halogens is 5. The Hall–Kier alpha value is -1.74. The van der Waals surface area contributed by atoms with Crippen molar-refractivity contribution in [1.82, 2.24) is 10.6 Å². The largest absolute Gasteiger partial charge is 0.419 e. The Bertz CT molecular complexity index is 675. The molecule has 3 rings (SSSR count). The van der Waals surface area contributed by atoms with Gasteiger partial charge in [0.05, 0.1) is 23.8 Å². The number of amides is 1. The van der Waals surface area contributed by atoms with Gasteiger partial charge in [-0.15, -0.1) is 0 Å². The number of hydrogen-bond donors (Lipinski definition) is 3. The molecule has 1 amide bonds. The van der Waals surface area contributed by atoms with Crippen molar-refractivity contribution < 1.29 is 31.9 Å². The first-order chi connectivity index (χ1) is 11.7. The van der Waals surface area contributed by atoms with E-state index in [4.69, 9.17) is 0 Å². The van der Waals surface area contributed by atoms with Crippen LogP contribution in [-0.2, 0) is 11.0 Å². The van der Waals surface area contributed by atoms with Gasteiger partial charge in [-0.05, 0) is 37.3 Å². The Balaban J connectivity index is 1.84. The van der Waals surface area contributed by atoms with Gasteiger partial charge in [0.25, 0.3) is 0 Å². The average molecular weight is 364 g/mol. The minimum atomic E-state index is -4.99. The maximum absolute atomic E-state index is 14.2. The van der Waals surface area contributed by atoms with Gasteiger partial charge in [-0.3, -0.25) is 4.79 Å². The number of hydrogen-bond acceptors (Lipinski definition) is 3. The van der Waals surface area contributed by atoms with Crippen molar-refractivity contribution in [3.8, 4) is 0 Å². The van der Waals surface area contributed by atoms with E-state index in [9.17, 15) is 31.9 Å². The fourth-order valence-corrected chi connectivity index (χ4v) is 3.07. The Labute approximate surface area is 140 Å². The monoisotopic (exact) mass is 364 g/mol. The second-order valence-electron chi connectivity index (χ2n) is 6.53. The number of β-amino-alcohol motifs (C(OH)–C–C–N with tert-alkyl or cyclic N) is 1. The van der Waals surface area contributed by atoms with Crippen LogP contribution >= 0.6 is 0 Å². The average Bonchev–Trinajstić information content (AvgIpc) is 3.26.